The van der Waals surface area contributed by atoms with Crippen molar-refractivity contribution in [3.05, 3.63) is 11.7 Å². The Balaban J connectivity index is 1.45. The number of hydrogen-bond acceptors (Lipinski definition) is 6. The molecule has 3 heterocycles. The van der Waals surface area contributed by atoms with E-state index < -0.39 is 0 Å². The molecular weight excluding hydrogens is 342 g/mol. The van der Waals surface area contributed by atoms with Crippen molar-refractivity contribution < 1.29 is 9.32 Å². The van der Waals surface area contributed by atoms with E-state index in [2.05, 4.69) is 45.6 Å². The fourth-order valence-corrected chi connectivity index (χ4v) is 4.09. The van der Waals surface area contributed by atoms with Crippen molar-refractivity contribution in [3.8, 4) is 0 Å². The molecule has 1 aromatic heterocycles. The Labute approximate surface area is 163 Å². The summed E-state index contributed by atoms with van der Waals surface area (Å²) in [6.07, 6.45) is 6.65. The average molecular weight is 378 g/mol. The van der Waals surface area contributed by atoms with Crippen LogP contribution in [0.3, 0.4) is 0 Å². The van der Waals surface area contributed by atoms with Crippen LogP contribution < -0.4 is 0 Å². The second-order valence-electron chi connectivity index (χ2n) is 8.07. The molecule has 2 aliphatic heterocycles. The first-order chi connectivity index (χ1) is 13.1. The maximum absolute atomic E-state index is 12.6. The Hall–Kier alpha value is -1.47. The van der Waals surface area contributed by atoms with Crippen molar-refractivity contribution in [1.82, 2.24) is 24.8 Å². The lowest BCUT2D eigenvalue weighted by atomic mass is 10.0. The highest BCUT2D eigenvalue weighted by molar-refractivity contribution is 5.78. The van der Waals surface area contributed by atoms with Gasteiger partial charge in [-0.25, -0.2) is 0 Å². The SMILES string of the molecule is CCCCc1noc(C(C)N2CCN(CC(=O)N3CCCCC3C)CC2)n1. The summed E-state index contributed by atoms with van der Waals surface area (Å²) in [6, 6.07) is 0.528. The highest BCUT2D eigenvalue weighted by atomic mass is 16.5. The number of nitrogens with zero attached hydrogens (tertiary/aromatic N) is 5. The van der Waals surface area contributed by atoms with Gasteiger partial charge in [0.2, 0.25) is 11.8 Å². The highest BCUT2D eigenvalue weighted by Crippen LogP contribution is 2.21. The molecule has 0 saturated carbocycles. The molecule has 3 rings (SSSR count). The topological polar surface area (TPSA) is 65.7 Å². The number of carbonyl (C=O) groups excluding carboxylic acids is 1. The van der Waals surface area contributed by atoms with Crippen LogP contribution in [0.2, 0.25) is 0 Å². The number of piperidine rings is 1. The molecule has 2 aliphatic rings. The molecular formula is C20H35N5O2. The Morgan fingerprint density at radius 2 is 2.00 bits per heavy atom. The third kappa shape index (κ3) is 5.29. The van der Waals surface area contributed by atoms with Crippen LogP contribution in [0.1, 0.15) is 70.6 Å². The first-order valence-electron chi connectivity index (χ1n) is 10.7. The highest BCUT2D eigenvalue weighted by Gasteiger charge is 2.29. The van der Waals surface area contributed by atoms with Crippen LogP contribution in [-0.2, 0) is 11.2 Å². The van der Waals surface area contributed by atoms with Crippen molar-refractivity contribution in [3.63, 3.8) is 0 Å². The van der Waals surface area contributed by atoms with Crippen molar-refractivity contribution in [2.75, 3.05) is 39.3 Å². The van der Waals surface area contributed by atoms with Gasteiger partial charge in [-0.05, 0) is 39.5 Å². The predicted octanol–water partition coefficient (Wildman–Crippen LogP) is 2.49. The number of aromatic nitrogens is 2. The lowest BCUT2D eigenvalue weighted by Crippen LogP contribution is -2.52. The zero-order valence-electron chi connectivity index (χ0n) is 17.2. The number of rotatable bonds is 7. The van der Waals surface area contributed by atoms with E-state index in [-0.39, 0.29) is 6.04 Å². The molecule has 2 unspecified atom stereocenters. The van der Waals surface area contributed by atoms with Gasteiger partial charge in [0.05, 0.1) is 12.6 Å². The molecule has 0 aromatic carbocycles. The molecule has 1 amide bonds. The summed E-state index contributed by atoms with van der Waals surface area (Å²) in [5.41, 5.74) is 0. The molecule has 1 aromatic rings. The van der Waals surface area contributed by atoms with E-state index in [4.69, 9.17) is 4.52 Å². The number of amides is 1. The monoisotopic (exact) mass is 377 g/mol. The quantitative estimate of drug-likeness (QED) is 0.727. The van der Waals surface area contributed by atoms with Crippen LogP contribution in [0, 0.1) is 0 Å². The minimum absolute atomic E-state index is 0.132. The zero-order chi connectivity index (χ0) is 19.2. The maximum Gasteiger partial charge on any atom is 0.243 e. The molecule has 7 heteroatoms. The predicted molar refractivity (Wildman–Crippen MR) is 104 cm³/mol. The largest absolute Gasteiger partial charge is 0.339 e. The molecule has 7 nitrogen and oxygen atoms in total. The van der Waals surface area contributed by atoms with Crippen molar-refractivity contribution >= 4 is 5.91 Å². The van der Waals surface area contributed by atoms with E-state index in [1.54, 1.807) is 0 Å². The number of hydrogen-bond donors (Lipinski definition) is 0. The second kappa shape index (κ2) is 9.64. The summed E-state index contributed by atoms with van der Waals surface area (Å²) >= 11 is 0. The first kappa shape index (κ1) is 20.3. The fraction of sp³-hybridized carbons (Fsp3) is 0.850. The number of unbranched alkanes of at least 4 members (excludes halogenated alkanes) is 1. The van der Waals surface area contributed by atoms with E-state index in [1.165, 1.54) is 6.42 Å². The van der Waals surface area contributed by atoms with Crippen LogP contribution in [-0.4, -0.2) is 76.1 Å². The van der Waals surface area contributed by atoms with Crippen LogP contribution >= 0.6 is 0 Å². The molecule has 0 radical (unpaired) electrons. The van der Waals surface area contributed by atoms with Gasteiger partial charge >= 0.3 is 0 Å². The summed E-state index contributed by atoms with van der Waals surface area (Å²) in [7, 11) is 0. The molecule has 0 bridgehead atoms. The molecule has 0 spiro atoms. The van der Waals surface area contributed by atoms with Crippen LogP contribution in [0.15, 0.2) is 4.52 Å². The smallest absolute Gasteiger partial charge is 0.243 e. The van der Waals surface area contributed by atoms with Gasteiger partial charge in [0.25, 0.3) is 0 Å². The summed E-state index contributed by atoms with van der Waals surface area (Å²) in [6.45, 7) is 11.6. The summed E-state index contributed by atoms with van der Waals surface area (Å²) in [5, 5.41) is 4.11. The van der Waals surface area contributed by atoms with Gasteiger partial charge in [-0.2, -0.15) is 4.98 Å². The minimum atomic E-state index is 0.132. The van der Waals surface area contributed by atoms with Gasteiger partial charge in [-0.15, -0.1) is 0 Å². The van der Waals surface area contributed by atoms with Crippen LogP contribution in [0.4, 0.5) is 0 Å². The van der Waals surface area contributed by atoms with Crippen molar-refractivity contribution in [1.29, 1.82) is 0 Å². The molecule has 0 aliphatic carbocycles. The maximum atomic E-state index is 12.6. The van der Waals surface area contributed by atoms with Crippen LogP contribution in [0.5, 0.6) is 0 Å². The van der Waals surface area contributed by atoms with Gasteiger partial charge < -0.3 is 9.42 Å². The third-order valence-corrected chi connectivity index (χ3v) is 6.03. The Bertz CT molecular complexity index is 597. The molecule has 27 heavy (non-hydrogen) atoms. The van der Waals surface area contributed by atoms with Gasteiger partial charge in [0.15, 0.2) is 5.82 Å². The molecule has 0 N–H and O–H groups in total. The standard InChI is InChI=1S/C20H35N5O2/c1-4-5-9-18-21-20(27-22-18)17(3)24-13-11-23(12-14-24)15-19(26)25-10-7-6-8-16(25)2/h16-17H,4-15H2,1-3H3. The van der Waals surface area contributed by atoms with Crippen molar-refractivity contribution in [2.24, 2.45) is 0 Å². The lowest BCUT2D eigenvalue weighted by Gasteiger charge is -2.39. The number of piperazine rings is 1. The number of aryl methyl sites for hydroxylation is 1. The van der Waals surface area contributed by atoms with E-state index in [0.29, 0.717) is 24.4 Å². The fourth-order valence-electron chi connectivity index (χ4n) is 4.09. The molecule has 2 fully saturated rings. The molecule has 152 valence electrons. The normalized spacial score (nSPS) is 23.5. The second-order valence-corrected chi connectivity index (χ2v) is 8.07. The third-order valence-electron chi connectivity index (χ3n) is 6.03. The summed E-state index contributed by atoms with van der Waals surface area (Å²) in [5.74, 6) is 1.83. The van der Waals surface area contributed by atoms with Gasteiger partial charge in [0.1, 0.15) is 0 Å². The Kier molecular flexibility index (Phi) is 7.24. The Morgan fingerprint density at radius 1 is 1.22 bits per heavy atom. The van der Waals surface area contributed by atoms with E-state index in [9.17, 15) is 4.79 Å². The zero-order valence-corrected chi connectivity index (χ0v) is 17.2. The lowest BCUT2D eigenvalue weighted by molar-refractivity contribution is -0.136. The van der Waals surface area contributed by atoms with Crippen molar-refractivity contribution in [2.45, 2.75) is 71.4 Å². The minimum Gasteiger partial charge on any atom is -0.339 e. The van der Waals surface area contributed by atoms with E-state index in [1.807, 2.05) is 0 Å². The molecule has 2 saturated heterocycles. The van der Waals surface area contributed by atoms with Gasteiger partial charge in [0, 0.05) is 45.2 Å². The van der Waals surface area contributed by atoms with E-state index >= 15 is 0 Å². The first-order valence-corrected chi connectivity index (χ1v) is 10.7. The summed E-state index contributed by atoms with van der Waals surface area (Å²) in [4.78, 5) is 23.9. The van der Waals surface area contributed by atoms with E-state index in [0.717, 1.165) is 70.7 Å². The Morgan fingerprint density at radius 3 is 2.70 bits per heavy atom. The number of likely N-dealkylation sites (tertiary alicyclic amines) is 1. The average Bonchev–Trinajstić information content (AvgIpc) is 3.15. The van der Waals surface area contributed by atoms with Crippen LogP contribution in [0.25, 0.3) is 0 Å². The van der Waals surface area contributed by atoms with Gasteiger partial charge in [-0.3, -0.25) is 14.6 Å². The summed E-state index contributed by atoms with van der Waals surface area (Å²) < 4.78 is 5.48. The number of carbonyl (C=O) groups is 1. The van der Waals surface area contributed by atoms with Gasteiger partial charge in [-0.1, -0.05) is 18.5 Å². The molecule has 2 atom stereocenters.